The Kier molecular flexibility index (Phi) is 2.99. The van der Waals surface area contributed by atoms with Gasteiger partial charge in [0.05, 0.1) is 0 Å². The van der Waals surface area contributed by atoms with Gasteiger partial charge in [-0.2, -0.15) is 0 Å². The molecule has 31 valence electrons. The Hall–Kier alpha value is 0.498. The first-order chi connectivity index (χ1) is 2.27. The second kappa shape index (κ2) is 2.72. The Morgan fingerprint density at radius 3 is 2.20 bits per heavy atom. The molecule has 0 amide bonds. The van der Waals surface area contributed by atoms with Gasteiger partial charge in [0, 0.05) is 0 Å². The van der Waals surface area contributed by atoms with Crippen LogP contribution < -0.4 is 5.90 Å². The molecule has 5 heavy (non-hydrogen) atoms. The molecule has 0 aliphatic carbocycles. The van der Waals surface area contributed by atoms with E-state index in [2.05, 4.69) is 9.01 Å². The van der Waals surface area contributed by atoms with Crippen LogP contribution >= 0.6 is 0 Å². The van der Waals surface area contributed by atoms with E-state index < -0.39 is 21.0 Å². The molecular formula is H3NO3Sb. The van der Waals surface area contributed by atoms with Gasteiger partial charge in [0.15, 0.2) is 0 Å². The maximum atomic E-state index is 9.29. The molecule has 0 fully saturated rings. The van der Waals surface area contributed by atoms with Crippen molar-refractivity contribution in [3.8, 4) is 0 Å². The van der Waals surface area contributed by atoms with Crippen LogP contribution in [0.3, 0.4) is 0 Å². The van der Waals surface area contributed by atoms with E-state index in [-0.39, 0.29) is 0 Å². The van der Waals surface area contributed by atoms with Crippen LogP contribution in [0.25, 0.3) is 0 Å². The van der Waals surface area contributed by atoms with Gasteiger partial charge in [-0.1, -0.05) is 0 Å². The monoisotopic (exact) mass is 186 g/mol. The summed E-state index contributed by atoms with van der Waals surface area (Å²) in [5, 5.41) is 0. The van der Waals surface area contributed by atoms with E-state index in [1.807, 2.05) is 0 Å². The van der Waals surface area contributed by atoms with Crippen molar-refractivity contribution in [2.75, 3.05) is 0 Å². The average Bonchev–Trinajstić information content (AvgIpc) is 1.38. The van der Waals surface area contributed by atoms with Crippen molar-refractivity contribution in [1.82, 2.24) is 0 Å². The molecule has 0 atom stereocenters. The van der Waals surface area contributed by atoms with Crippen LogP contribution in [0.4, 0.5) is 0 Å². The normalized spacial score (nSPS) is 7.60. The Bertz CT molecular complexity index is 42.2. The molecule has 0 aliphatic rings. The van der Waals surface area contributed by atoms with Gasteiger partial charge in [0.1, 0.15) is 0 Å². The molecule has 0 bridgehead atoms. The van der Waals surface area contributed by atoms with Gasteiger partial charge in [0.2, 0.25) is 0 Å². The van der Waals surface area contributed by atoms with Crippen molar-refractivity contribution in [3.05, 3.63) is 0 Å². The quantitative estimate of drug-likeness (QED) is 0.378. The molecule has 0 rings (SSSR count). The van der Waals surface area contributed by atoms with Gasteiger partial charge in [-0.25, -0.2) is 0 Å². The summed E-state index contributed by atoms with van der Waals surface area (Å²) in [5.74, 6) is 4.19. The zero-order valence-electron chi connectivity index (χ0n) is 2.29. The third kappa shape index (κ3) is 4.50. The molecular weight excluding hydrogens is 184 g/mol. The second-order valence-electron chi connectivity index (χ2n) is 0.343. The Morgan fingerprint density at radius 2 is 2.20 bits per heavy atom. The van der Waals surface area contributed by atoms with E-state index in [1.165, 1.54) is 0 Å². The van der Waals surface area contributed by atoms with Gasteiger partial charge < -0.3 is 0 Å². The van der Waals surface area contributed by atoms with Crippen LogP contribution in [0.15, 0.2) is 0 Å². The molecule has 0 saturated heterocycles. The van der Waals surface area contributed by atoms with Crippen LogP contribution in [0.1, 0.15) is 0 Å². The Labute approximate surface area is 37.0 Å². The maximum absolute atomic E-state index is 9.29. The summed E-state index contributed by atoms with van der Waals surface area (Å²) in [6.07, 6.45) is 0. The van der Waals surface area contributed by atoms with Crippen molar-refractivity contribution in [2.45, 2.75) is 0 Å². The standard InChI is InChI=1S/H2NO.H2O.O.Sb/c1-2;;;/h1H2;1H2;;/q-1;;;+2/p-1. The van der Waals surface area contributed by atoms with Crippen LogP contribution in [-0.2, 0) is 6.13 Å². The fraction of sp³-hybridized carbons (Fsp3) is 0. The third-order valence-corrected chi connectivity index (χ3v) is 0.605. The number of hydrogen-bond acceptors (Lipinski definition) is 3. The fourth-order valence-corrected chi connectivity index (χ4v) is 0. The molecule has 0 heterocycles. The Morgan fingerprint density at radius 1 is 2.00 bits per heavy atom. The van der Waals surface area contributed by atoms with E-state index in [0.29, 0.717) is 0 Å². The van der Waals surface area contributed by atoms with Gasteiger partial charge in [-0.05, 0) is 0 Å². The molecule has 0 aromatic heterocycles. The van der Waals surface area contributed by atoms with E-state index >= 15 is 0 Å². The summed E-state index contributed by atoms with van der Waals surface area (Å²) in [6, 6.07) is 0. The van der Waals surface area contributed by atoms with Crippen molar-refractivity contribution in [1.29, 1.82) is 0 Å². The van der Waals surface area contributed by atoms with Gasteiger partial charge in [-0.15, -0.1) is 0 Å². The predicted molar refractivity (Wildman–Crippen MR) is 13.9 cm³/mol. The van der Waals surface area contributed by atoms with Crippen LogP contribution in [0, 0.1) is 0 Å². The third-order valence-electron chi connectivity index (χ3n) is 0.0902. The van der Waals surface area contributed by atoms with E-state index in [4.69, 9.17) is 3.39 Å². The predicted octanol–water partition coefficient (Wildman–Crippen LogP) is -1.72. The number of nitrogens with two attached hydrogens (primary N) is 1. The number of rotatable bonds is 1. The summed E-state index contributed by atoms with van der Waals surface area (Å²) in [6.45, 7) is 0. The summed E-state index contributed by atoms with van der Waals surface area (Å²) in [5.41, 5.74) is 0. The molecule has 3 N–H and O–H groups in total. The van der Waals surface area contributed by atoms with E-state index in [1.54, 1.807) is 0 Å². The average molecular weight is 187 g/mol. The van der Waals surface area contributed by atoms with Crippen LogP contribution in [-0.4, -0.2) is 24.4 Å². The van der Waals surface area contributed by atoms with Gasteiger partial charge in [0.25, 0.3) is 0 Å². The summed E-state index contributed by atoms with van der Waals surface area (Å²) in [7, 11) is 0. The molecule has 0 aliphatic heterocycles. The molecule has 0 aromatic carbocycles. The molecule has 0 spiro atoms. The van der Waals surface area contributed by atoms with Crippen molar-refractivity contribution in [2.24, 2.45) is 5.90 Å². The SMILES string of the molecule is N[O][Sb](=[O])[OH]. The molecule has 0 saturated carbocycles. The van der Waals surface area contributed by atoms with E-state index in [9.17, 15) is 3.02 Å². The summed E-state index contributed by atoms with van der Waals surface area (Å²) < 4.78 is 20.4. The summed E-state index contributed by atoms with van der Waals surface area (Å²) in [4.78, 5) is 0. The topological polar surface area (TPSA) is 72.5 Å². The van der Waals surface area contributed by atoms with Crippen LogP contribution in [0.5, 0.6) is 0 Å². The zero-order valence-corrected chi connectivity index (χ0v) is 4.84. The zero-order chi connectivity index (χ0) is 4.28. The molecule has 0 unspecified atom stereocenters. The first-order valence-electron chi connectivity index (χ1n) is 0.801. The first-order valence-corrected chi connectivity index (χ1v) is 4.03. The summed E-state index contributed by atoms with van der Waals surface area (Å²) >= 11 is -3.45. The van der Waals surface area contributed by atoms with Crippen molar-refractivity contribution >= 4 is 21.0 Å². The molecule has 4 nitrogen and oxygen atoms in total. The first kappa shape index (κ1) is 5.50. The molecule has 0 aromatic rings. The number of hydrogen-bond donors (Lipinski definition) is 2. The van der Waals surface area contributed by atoms with Gasteiger partial charge >= 0.3 is 36.5 Å². The van der Waals surface area contributed by atoms with Crippen molar-refractivity contribution < 1.29 is 9.52 Å². The fourth-order valence-electron chi connectivity index (χ4n) is 0. The van der Waals surface area contributed by atoms with Gasteiger partial charge in [-0.3, -0.25) is 0 Å². The Balaban J connectivity index is 2.85. The van der Waals surface area contributed by atoms with Crippen LogP contribution in [0.2, 0.25) is 0 Å². The molecule has 5 heteroatoms. The minimum atomic E-state index is -3.45. The van der Waals surface area contributed by atoms with E-state index in [0.717, 1.165) is 0 Å². The van der Waals surface area contributed by atoms with Crippen molar-refractivity contribution in [3.63, 3.8) is 0 Å². The second-order valence-corrected chi connectivity index (χ2v) is 2.30. The molecule has 1 radical (unpaired) electrons. The minimum absolute atomic E-state index is 3.43.